The van der Waals surface area contributed by atoms with Gasteiger partial charge in [-0.1, -0.05) is 24.3 Å². The lowest BCUT2D eigenvalue weighted by atomic mass is 10.0. The van der Waals surface area contributed by atoms with Crippen LogP contribution in [0.1, 0.15) is 5.56 Å². The highest BCUT2D eigenvalue weighted by Crippen LogP contribution is 2.26. The molecule has 3 rings (SSSR count). The van der Waals surface area contributed by atoms with Gasteiger partial charge in [0.05, 0.1) is 5.52 Å². The van der Waals surface area contributed by atoms with Crippen molar-refractivity contribution in [2.75, 3.05) is 0 Å². The molecule has 0 aliphatic heterocycles. The lowest BCUT2D eigenvalue weighted by molar-refractivity contribution is 1.48. The first-order valence-corrected chi connectivity index (χ1v) is 4.82. The van der Waals surface area contributed by atoms with E-state index in [0.29, 0.717) is 0 Å². The van der Waals surface area contributed by atoms with Crippen LogP contribution in [0, 0.1) is 6.92 Å². The van der Waals surface area contributed by atoms with E-state index in [9.17, 15) is 0 Å². The van der Waals surface area contributed by atoms with Gasteiger partial charge in [-0.3, -0.25) is 0 Å². The minimum Gasteiger partial charge on any atom is -0.361 e. The summed E-state index contributed by atoms with van der Waals surface area (Å²) in [5, 5.41) is 3.94. The van der Waals surface area contributed by atoms with Gasteiger partial charge >= 0.3 is 0 Å². The number of H-pyrrole nitrogens is 1. The van der Waals surface area contributed by atoms with Gasteiger partial charge in [0.1, 0.15) is 0 Å². The van der Waals surface area contributed by atoms with Crippen molar-refractivity contribution in [3.05, 3.63) is 48.2 Å². The van der Waals surface area contributed by atoms with E-state index in [1.807, 2.05) is 6.20 Å². The third-order valence-corrected chi connectivity index (χ3v) is 2.77. The van der Waals surface area contributed by atoms with Crippen LogP contribution in [0.2, 0.25) is 0 Å². The SMILES string of the molecule is Cc1cc2cc[nH]c2c2ccccc12. The zero-order chi connectivity index (χ0) is 9.54. The molecule has 0 atom stereocenters. The smallest absolute Gasteiger partial charge is 0.0533 e. The van der Waals surface area contributed by atoms with Crippen LogP contribution in [0.25, 0.3) is 21.7 Å². The van der Waals surface area contributed by atoms with E-state index < -0.39 is 0 Å². The van der Waals surface area contributed by atoms with Crippen LogP contribution in [-0.4, -0.2) is 4.98 Å². The number of benzene rings is 2. The van der Waals surface area contributed by atoms with Crippen LogP contribution in [0.15, 0.2) is 42.6 Å². The summed E-state index contributed by atoms with van der Waals surface area (Å²) >= 11 is 0. The number of aryl methyl sites for hydroxylation is 1. The highest BCUT2D eigenvalue weighted by atomic mass is 14.7. The number of aromatic amines is 1. The zero-order valence-corrected chi connectivity index (χ0v) is 8.04. The molecule has 0 unspecified atom stereocenters. The number of fused-ring (bicyclic) bond motifs is 3. The van der Waals surface area contributed by atoms with Crippen molar-refractivity contribution in [1.29, 1.82) is 0 Å². The molecule has 1 heteroatoms. The van der Waals surface area contributed by atoms with E-state index in [2.05, 4.69) is 48.3 Å². The molecule has 0 bridgehead atoms. The maximum absolute atomic E-state index is 3.29. The fourth-order valence-corrected chi connectivity index (χ4v) is 2.09. The standard InChI is InChI=1S/C13H11N/c1-9-8-10-6-7-14-13(10)12-5-3-2-4-11(9)12/h2-8,14H,1H3. The van der Waals surface area contributed by atoms with Crippen molar-refractivity contribution in [1.82, 2.24) is 4.98 Å². The van der Waals surface area contributed by atoms with E-state index >= 15 is 0 Å². The zero-order valence-electron chi connectivity index (χ0n) is 8.04. The molecule has 1 heterocycles. The molecule has 68 valence electrons. The summed E-state index contributed by atoms with van der Waals surface area (Å²) in [6.07, 6.45) is 2.00. The molecule has 0 aliphatic rings. The summed E-state index contributed by atoms with van der Waals surface area (Å²) in [5.74, 6) is 0. The van der Waals surface area contributed by atoms with Gasteiger partial charge in [0.25, 0.3) is 0 Å². The topological polar surface area (TPSA) is 15.8 Å². The maximum Gasteiger partial charge on any atom is 0.0533 e. The molecule has 2 aromatic carbocycles. The van der Waals surface area contributed by atoms with Crippen LogP contribution < -0.4 is 0 Å². The van der Waals surface area contributed by atoms with Gasteiger partial charge in [-0.2, -0.15) is 0 Å². The lowest BCUT2D eigenvalue weighted by Gasteiger charge is -2.03. The van der Waals surface area contributed by atoms with Gasteiger partial charge in [0.15, 0.2) is 0 Å². The number of hydrogen-bond donors (Lipinski definition) is 1. The van der Waals surface area contributed by atoms with Gasteiger partial charge in [0.2, 0.25) is 0 Å². The van der Waals surface area contributed by atoms with E-state index in [1.54, 1.807) is 0 Å². The number of hydrogen-bond acceptors (Lipinski definition) is 0. The Morgan fingerprint density at radius 3 is 2.64 bits per heavy atom. The van der Waals surface area contributed by atoms with Crippen molar-refractivity contribution in [2.24, 2.45) is 0 Å². The van der Waals surface area contributed by atoms with Crippen molar-refractivity contribution < 1.29 is 0 Å². The normalized spacial score (nSPS) is 11.2. The highest BCUT2D eigenvalue weighted by molar-refractivity contribution is 6.06. The number of aromatic nitrogens is 1. The molecule has 0 amide bonds. The van der Waals surface area contributed by atoms with Crippen LogP contribution in [0.5, 0.6) is 0 Å². The van der Waals surface area contributed by atoms with Gasteiger partial charge in [0, 0.05) is 17.0 Å². The molecule has 0 saturated heterocycles. The molecule has 0 aliphatic carbocycles. The number of nitrogens with one attached hydrogen (secondary N) is 1. The molecular weight excluding hydrogens is 170 g/mol. The van der Waals surface area contributed by atoms with Crippen LogP contribution in [-0.2, 0) is 0 Å². The van der Waals surface area contributed by atoms with E-state index in [4.69, 9.17) is 0 Å². The van der Waals surface area contributed by atoms with Crippen LogP contribution >= 0.6 is 0 Å². The molecule has 1 nitrogen and oxygen atoms in total. The van der Waals surface area contributed by atoms with Gasteiger partial charge < -0.3 is 4.98 Å². The minimum atomic E-state index is 1.24. The molecule has 1 N–H and O–H groups in total. The van der Waals surface area contributed by atoms with Crippen molar-refractivity contribution in [3.8, 4) is 0 Å². The second-order valence-electron chi connectivity index (χ2n) is 3.68. The largest absolute Gasteiger partial charge is 0.361 e. The first-order valence-electron chi connectivity index (χ1n) is 4.82. The predicted molar refractivity (Wildman–Crippen MR) is 60.5 cm³/mol. The Bertz CT molecular complexity index is 605. The molecular formula is C13H11N. The maximum atomic E-state index is 3.29. The number of rotatable bonds is 0. The van der Waals surface area contributed by atoms with Gasteiger partial charge in [-0.25, -0.2) is 0 Å². The average Bonchev–Trinajstić information content (AvgIpc) is 2.66. The third kappa shape index (κ3) is 0.896. The minimum absolute atomic E-state index is 1.24. The predicted octanol–water partition coefficient (Wildman–Crippen LogP) is 3.63. The molecule has 0 saturated carbocycles. The van der Waals surface area contributed by atoms with E-state index in [0.717, 1.165) is 0 Å². The monoisotopic (exact) mass is 181 g/mol. The first kappa shape index (κ1) is 7.63. The Kier molecular flexibility index (Phi) is 1.42. The second kappa shape index (κ2) is 2.61. The third-order valence-electron chi connectivity index (χ3n) is 2.77. The summed E-state index contributed by atoms with van der Waals surface area (Å²) in [6, 6.07) is 12.9. The van der Waals surface area contributed by atoms with E-state index in [1.165, 1.54) is 27.2 Å². The Balaban J connectivity index is 2.67. The summed E-state index contributed by atoms with van der Waals surface area (Å²) in [4.78, 5) is 3.29. The molecule has 0 fully saturated rings. The molecule has 0 spiro atoms. The van der Waals surface area contributed by atoms with Crippen molar-refractivity contribution in [2.45, 2.75) is 6.92 Å². The Morgan fingerprint density at radius 1 is 1.00 bits per heavy atom. The fraction of sp³-hybridized carbons (Fsp3) is 0.0769. The van der Waals surface area contributed by atoms with Gasteiger partial charge in [-0.15, -0.1) is 0 Å². The Labute approximate surface area is 82.4 Å². The summed E-state index contributed by atoms with van der Waals surface area (Å²) in [5.41, 5.74) is 2.58. The summed E-state index contributed by atoms with van der Waals surface area (Å²) in [7, 11) is 0. The Morgan fingerprint density at radius 2 is 1.79 bits per heavy atom. The average molecular weight is 181 g/mol. The summed E-state index contributed by atoms with van der Waals surface area (Å²) < 4.78 is 0. The lowest BCUT2D eigenvalue weighted by Crippen LogP contribution is -1.79. The van der Waals surface area contributed by atoms with Crippen LogP contribution in [0.4, 0.5) is 0 Å². The van der Waals surface area contributed by atoms with E-state index in [-0.39, 0.29) is 0 Å². The summed E-state index contributed by atoms with van der Waals surface area (Å²) in [6.45, 7) is 2.16. The second-order valence-corrected chi connectivity index (χ2v) is 3.68. The molecule has 1 aromatic heterocycles. The van der Waals surface area contributed by atoms with Crippen molar-refractivity contribution >= 4 is 21.7 Å². The first-order chi connectivity index (χ1) is 6.86. The van der Waals surface area contributed by atoms with Gasteiger partial charge in [-0.05, 0) is 30.0 Å². The highest BCUT2D eigenvalue weighted by Gasteiger charge is 2.02. The van der Waals surface area contributed by atoms with Crippen molar-refractivity contribution in [3.63, 3.8) is 0 Å². The molecule has 0 radical (unpaired) electrons. The van der Waals surface area contributed by atoms with Crippen LogP contribution in [0.3, 0.4) is 0 Å². The fourth-order valence-electron chi connectivity index (χ4n) is 2.09. The Hall–Kier alpha value is -1.76. The molecule has 14 heavy (non-hydrogen) atoms. The quantitative estimate of drug-likeness (QED) is 0.545. The molecule has 3 aromatic rings.